The molecule has 0 radical (unpaired) electrons. The zero-order valence-corrected chi connectivity index (χ0v) is 17.7. The van der Waals surface area contributed by atoms with E-state index in [1.54, 1.807) is 12.1 Å². The molecule has 3 heterocycles. The number of halogens is 2. The van der Waals surface area contributed by atoms with Gasteiger partial charge in [0.05, 0.1) is 30.8 Å². The Bertz CT molecular complexity index is 1150. The predicted octanol–water partition coefficient (Wildman–Crippen LogP) is 1.94. The first kappa shape index (κ1) is 19.9. The fourth-order valence-corrected chi connectivity index (χ4v) is 3.08. The summed E-state index contributed by atoms with van der Waals surface area (Å²) in [6, 6.07) is 3.23. The Morgan fingerprint density at radius 3 is 2.52 bits per heavy atom. The molecule has 0 saturated carbocycles. The third-order valence-electron chi connectivity index (χ3n) is 3.79. The van der Waals surface area contributed by atoms with Crippen LogP contribution in [0.1, 0.15) is 10.4 Å². The Morgan fingerprint density at radius 1 is 1.11 bits per heavy atom. The van der Waals surface area contributed by atoms with Gasteiger partial charge in [0.2, 0.25) is 0 Å². The second-order valence-corrected chi connectivity index (χ2v) is 6.07. The Labute approximate surface area is 185 Å². The minimum absolute atomic E-state index is 0. The molecule has 0 atom stereocenters. The van der Waals surface area contributed by atoms with Gasteiger partial charge < -0.3 is 19.3 Å². The molecule has 0 fully saturated rings. The number of rotatable bonds is 3. The fraction of sp³-hybridized carbons (Fsp3) is 0.0588. The van der Waals surface area contributed by atoms with E-state index in [2.05, 4.69) is 20.5 Å². The molecule has 0 aliphatic carbocycles. The summed E-state index contributed by atoms with van der Waals surface area (Å²) < 4.78 is 11.1. The van der Waals surface area contributed by atoms with E-state index in [0.717, 1.165) is 0 Å². The molecule has 1 amide bonds. The van der Waals surface area contributed by atoms with Gasteiger partial charge in [-0.2, -0.15) is 10.2 Å². The van der Waals surface area contributed by atoms with Crippen molar-refractivity contribution in [2.75, 3.05) is 7.11 Å². The molecule has 0 aliphatic rings. The molecular formula is C17H9Cl2N4NaO3. The van der Waals surface area contributed by atoms with Crippen molar-refractivity contribution in [3.8, 4) is 5.75 Å². The number of methoxy groups -OCH3 is 1. The average molecular weight is 411 g/mol. The summed E-state index contributed by atoms with van der Waals surface area (Å²) in [6.07, 6.45) is 5.72. The predicted molar refractivity (Wildman–Crippen MR) is 97.5 cm³/mol. The summed E-state index contributed by atoms with van der Waals surface area (Å²) in [5.41, 5.74) is 1.35. The van der Waals surface area contributed by atoms with Gasteiger partial charge in [-0.3, -0.25) is 4.98 Å². The number of hydrogen-bond donors (Lipinski definition) is 0. The van der Waals surface area contributed by atoms with E-state index in [4.69, 9.17) is 32.4 Å². The SMILES string of the molecule is COc1ccc(C(=O)[N-]c2c(Cl)cncc2Cl)c2c1oc1cnncc12.[Na+]. The van der Waals surface area contributed by atoms with Crippen LogP contribution in [0.5, 0.6) is 5.75 Å². The van der Waals surface area contributed by atoms with Crippen LogP contribution in [0.2, 0.25) is 10.0 Å². The quantitative estimate of drug-likeness (QED) is 0.479. The molecule has 4 rings (SSSR count). The molecule has 10 heteroatoms. The largest absolute Gasteiger partial charge is 1.00 e. The average Bonchev–Trinajstić information content (AvgIpc) is 3.03. The van der Waals surface area contributed by atoms with Crippen molar-refractivity contribution < 1.29 is 43.5 Å². The van der Waals surface area contributed by atoms with E-state index in [9.17, 15) is 4.79 Å². The van der Waals surface area contributed by atoms with Gasteiger partial charge in [0, 0.05) is 33.4 Å². The van der Waals surface area contributed by atoms with Crippen LogP contribution < -0.4 is 34.3 Å². The van der Waals surface area contributed by atoms with E-state index in [1.807, 2.05) is 0 Å². The van der Waals surface area contributed by atoms with Crippen molar-refractivity contribution >= 4 is 56.7 Å². The minimum atomic E-state index is -0.535. The van der Waals surface area contributed by atoms with Crippen LogP contribution in [0.15, 0.2) is 41.3 Å². The second-order valence-electron chi connectivity index (χ2n) is 5.26. The van der Waals surface area contributed by atoms with Gasteiger partial charge in [-0.1, -0.05) is 28.9 Å². The van der Waals surface area contributed by atoms with Crippen LogP contribution in [0.4, 0.5) is 5.69 Å². The van der Waals surface area contributed by atoms with Gasteiger partial charge in [0.15, 0.2) is 16.9 Å². The zero-order valence-electron chi connectivity index (χ0n) is 14.2. The van der Waals surface area contributed by atoms with Crippen LogP contribution >= 0.6 is 23.2 Å². The Morgan fingerprint density at radius 2 is 1.81 bits per heavy atom. The Balaban J connectivity index is 0.00000210. The normalized spacial score (nSPS) is 10.6. The van der Waals surface area contributed by atoms with Gasteiger partial charge in [0.25, 0.3) is 0 Å². The maximum absolute atomic E-state index is 12.9. The fourth-order valence-electron chi connectivity index (χ4n) is 2.63. The summed E-state index contributed by atoms with van der Waals surface area (Å²) >= 11 is 12.1. The molecule has 27 heavy (non-hydrogen) atoms. The number of aromatic nitrogens is 3. The molecule has 4 aromatic rings. The maximum Gasteiger partial charge on any atom is 1.00 e. The summed E-state index contributed by atoms with van der Waals surface area (Å²) in [7, 11) is 1.51. The van der Waals surface area contributed by atoms with Crippen LogP contribution in [-0.2, 0) is 0 Å². The Kier molecular flexibility index (Phi) is 5.88. The van der Waals surface area contributed by atoms with Crippen molar-refractivity contribution in [1.82, 2.24) is 15.2 Å². The number of furan rings is 1. The van der Waals surface area contributed by atoms with Gasteiger partial charge in [0.1, 0.15) is 0 Å². The van der Waals surface area contributed by atoms with Gasteiger partial charge in [-0.05, 0) is 12.1 Å². The first-order valence-corrected chi connectivity index (χ1v) is 8.10. The van der Waals surface area contributed by atoms with Crippen molar-refractivity contribution in [2.45, 2.75) is 0 Å². The topological polar surface area (TPSA) is 92.2 Å². The maximum atomic E-state index is 12.9. The third kappa shape index (κ3) is 3.49. The molecule has 0 unspecified atom stereocenters. The number of fused-ring (bicyclic) bond motifs is 3. The van der Waals surface area contributed by atoms with Crippen molar-refractivity contribution in [3.05, 3.63) is 57.8 Å². The van der Waals surface area contributed by atoms with Crippen LogP contribution in [-0.4, -0.2) is 28.2 Å². The smallest absolute Gasteiger partial charge is 0.620 e. The Hall–Kier alpha value is -1.90. The standard InChI is InChI=1S/C17H10Cl2N4O3.Na/c1-25-12-3-2-8(14-9-4-21-22-7-13(9)26-16(12)14)17(24)23-15-10(18)5-20-6-11(15)19;/h2-7H,1H3,(H,20,23,24);/q;+1/p-1. The van der Waals surface area contributed by atoms with Crippen molar-refractivity contribution in [2.24, 2.45) is 0 Å². The van der Waals surface area contributed by atoms with Crippen molar-refractivity contribution in [3.63, 3.8) is 0 Å². The van der Waals surface area contributed by atoms with Crippen LogP contribution in [0.25, 0.3) is 27.3 Å². The van der Waals surface area contributed by atoms with E-state index in [0.29, 0.717) is 33.3 Å². The molecule has 0 bridgehead atoms. The summed E-state index contributed by atoms with van der Waals surface area (Å²) in [6.45, 7) is 0. The number of amides is 1. The molecule has 1 aromatic carbocycles. The van der Waals surface area contributed by atoms with Crippen LogP contribution in [0, 0.1) is 0 Å². The van der Waals surface area contributed by atoms with E-state index in [-0.39, 0.29) is 45.3 Å². The van der Waals surface area contributed by atoms with E-state index in [1.165, 1.54) is 31.9 Å². The molecular weight excluding hydrogens is 402 g/mol. The summed E-state index contributed by atoms with van der Waals surface area (Å²) in [5, 5.41) is 13.2. The molecule has 130 valence electrons. The first-order valence-electron chi connectivity index (χ1n) is 7.35. The first-order chi connectivity index (χ1) is 12.6. The van der Waals surface area contributed by atoms with Gasteiger partial charge in [-0.15, -0.1) is 0 Å². The molecule has 3 aromatic heterocycles. The summed E-state index contributed by atoms with van der Waals surface area (Å²) in [4.78, 5) is 16.7. The van der Waals surface area contributed by atoms with Gasteiger partial charge in [-0.25, -0.2) is 0 Å². The van der Waals surface area contributed by atoms with E-state index >= 15 is 0 Å². The molecule has 0 aliphatic heterocycles. The van der Waals surface area contributed by atoms with E-state index < -0.39 is 5.91 Å². The number of carbonyl (C=O) groups is 1. The summed E-state index contributed by atoms with van der Waals surface area (Å²) in [5.74, 6) is -0.0557. The molecule has 0 spiro atoms. The second kappa shape index (κ2) is 8.00. The number of benzene rings is 1. The monoisotopic (exact) mass is 410 g/mol. The molecule has 0 N–H and O–H groups in total. The number of hydrogen-bond acceptors (Lipinski definition) is 6. The minimum Gasteiger partial charge on any atom is -0.620 e. The third-order valence-corrected chi connectivity index (χ3v) is 4.34. The number of carbonyl (C=O) groups excluding carboxylic acids is 1. The molecule has 0 saturated heterocycles. The van der Waals surface area contributed by atoms with Crippen molar-refractivity contribution in [1.29, 1.82) is 0 Å². The number of nitrogens with zero attached hydrogens (tertiary/aromatic N) is 4. The van der Waals surface area contributed by atoms with Gasteiger partial charge >= 0.3 is 29.6 Å². The number of pyridine rings is 1. The molecule has 7 nitrogen and oxygen atoms in total. The zero-order chi connectivity index (χ0) is 18.3. The van der Waals surface area contributed by atoms with Crippen LogP contribution in [0.3, 0.4) is 0 Å². The number of ether oxygens (including phenoxy) is 1.